The molecule has 0 bridgehead atoms. The first-order chi connectivity index (χ1) is 23.6. The van der Waals surface area contributed by atoms with Gasteiger partial charge >= 0.3 is 5.97 Å². The van der Waals surface area contributed by atoms with Gasteiger partial charge in [0.25, 0.3) is 0 Å². The summed E-state index contributed by atoms with van der Waals surface area (Å²) in [4.78, 5) is 13.9. The van der Waals surface area contributed by atoms with Crippen LogP contribution in [-0.2, 0) is 15.6 Å². The quantitative estimate of drug-likeness (QED) is 0.0584. The lowest BCUT2D eigenvalue weighted by atomic mass is 9.74. The van der Waals surface area contributed by atoms with Gasteiger partial charge in [0.1, 0.15) is 0 Å². The number of nitrogens with zero attached hydrogens (tertiary/aromatic N) is 2. The number of carboxylic acids is 1. The number of fused-ring (bicyclic) bond motifs is 6. The molecule has 2 aliphatic rings. The number of benzene rings is 4. The molecular formula is C43H45N2O4+. The van der Waals surface area contributed by atoms with Crippen molar-refractivity contribution in [2.45, 2.75) is 56.7 Å². The molecule has 2 atom stereocenters. The average Bonchev–Trinajstić information content (AvgIpc) is 3.46. The SMILES string of the molecule is C=CCC1(C)C(/C=C/C=C/C=C2/N(CCC(=O)O)c3ccc4ccccc4c3C2(C)CC=C)=[N+](CCC(O)O)c2ccc3ccccc3c21. The smallest absolute Gasteiger partial charge is 0.305 e. The summed E-state index contributed by atoms with van der Waals surface area (Å²) in [6, 6.07) is 25.2. The second kappa shape index (κ2) is 13.8. The van der Waals surface area contributed by atoms with Gasteiger partial charge in [0, 0.05) is 41.1 Å². The fraction of sp³-hybridized carbons (Fsp3) is 0.256. The molecule has 6 nitrogen and oxygen atoms in total. The zero-order valence-corrected chi connectivity index (χ0v) is 28.3. The Hall–Kier alpha value is -5.04. The molecule has 6 rings (SSSR count). The highest BCUT2D eigenvalue weighted by atomic mass is 16.5. The van der Waals surface area contributed by atoms with Crippen molar-refractivity contribution in [2.24, 2.45) is 0 Å². The van der Waals surface area contributed by atoms with Crippen molar-refractivity contribution in [1.29, 1.82) is 0 Å². The summed E-state index contributed by atoms with van der Waals surface area (Å²) in [5.74, 6) is -0.833. The Labute approximate surface area is 288 Å². The number of allylic oxidation sites excluding steroid dienone is 8. The van der Waals surface area contributed by atoms with Crippen LogP contribution in [0.2, 0.25) is 0 Å². The van der Waals surface area contributed by atoms with Crippen LogP contribution in [0.3, 0.4) is 0 Å². The van der Waals surface area contributed by atoms with Gasteiger partial charge in [-0.25, -0.2) is 0 Å². The van der Waals surface area contributed by atoms with E-state index in [0.29, 0.717) is 25.9 Å². The van der Waals surface area contributed by atoms with E-state index in [-0.39, 0.29) is 18.3 Å². The van der Waals surface area contributed by atoms with E-state index in [1.165, 1.54) is 16.5 Å². The van der Waals surface area contributed by atoms with Crippen LogP contribution in [0, 0.1) is 0 Å². The number of anilines is 1. The topological polar surface area (TPSA) is 84.0 Å². The number of aliphatic hydroxyl groups is 2. The molecule has 0 radical (unpaired) electrons. The summed E-state index contributed by atoms with van der Waals surface area (Å²) in [5, 5.41) is 33.9. The highest BCUT2D eigenvalue weighted by Gasteiger charge is 2.48. The van der Waals surface area contributed by atoms with Crippen molar-refractivity contribution in [3.63, 3.8) is 0 Å². The van der Waals surface area contributed by atoms with E-state index in [1.807, 2.05) is 42.5 Å². The Morgan fingerprint density at radius 1 is 0.837 bits per heavy atom. The van der Waals surface area contributed by atoms with Gasteiger partial charge in [-0.1, -0.05) is 85.0 Å². The van der Waals surface area contributed by atoms with E-state index >= 15 is 0 Å². The molecule has 3 N–H and O–H groups in total. The van der Waals surface area contributed by atoms with E-state index in [9.17, 15) is 20.1 Å². The van der Waals surface area contributed by atoms with Crippen LogP contribution in [0.1, 0.15) is 50.7 Å². The molecular weight excluding hydrogens is 608 g/mol. The van der Waals surface area contributed by atoms with Gasteiger partial charge in [0.2, 0.25) is 5.69 Å². The van der Waals surface area contributed by atoms with Gasteiger partial charge in [-0.05, 0) is 72.0 Å². The second-order valence-electron chi connectivity index (χ2n) is 13.4. The predicted octanol–water partition coefficient (Wildman–Crippen LogP) is 8.45. The number of carbonyl (C=O) groups is 1. The molecule has 0 saturated heterocycles. The van der Waals surface area contributed by atoms with Gasteiger partial charge in [-0.15, -0.1) is 13.2 Å². The van der Waals surface area contributed by atoms with Crippen LogP contribution >= 0.6 is 0 Å². The third kappa shape index (κ3) is 6.07. The minimum atomic E-state index is -1.41. The molecule has 0 saturated carbocycles. The number of hydrogen-bond acceptors (Lipinski definition) is 4. The molecule has 49 heavy (non-hydrogen) atoms. The van der Waals surface area contributed by atoms with Crippen molar-refractivity contribution in [3.05, 3.63) is 145 Å². The molecule has 0 amide bonds. The number of rotatable bonds is 13. The molecule has 0 aromatic heterocycles. The highest BCUT2D eigenvalue weighted by molar-refractivity contribution is 6.08. The van der Waals surface area contributed by atoms with Gasteiger partial charge in [-0.2, -0.15) is 4.58 Å². The van der Waals surface area contributed by atoms with Gasteiger partial charge in [0.05, 0.1) is 18.3 Å². The first-order valence-electron chi connectivity index (χ1n) is 17.0. The molecule has 2 aliphatic heterocycles. The van der Waals surface area contributed by atoms with E-state index in [0.717, 1.165) is 38.9 Å². The Kier molecular flexibility index (Phi) is 9.55. The molecule has 2 heterocycles. The van der Waals surface area contributed by atoms with Crippen molar-refractivity contribution >= 4 is 44.6 Å². The third-order valence-corrected chi connectivity index (χ3v) is 10.2. The monoisotopic (exact) mass is 653 g/mol. The van der Waals surface area contributed by atoms with Gasteiger partial charge in [-0.3, -0.25) is 4.79 Å². The van der Waals surface area contributed by atoms with Crippen molar-refractivity contribution < 1.29 is 24.7 Å². The first-order valence-corrected chi connectivity index (χ1v) is 17.0. The molecule has 4 aromatic carbocycles. The Morgan fingerprint density at radius 2 is 1.47 bits per heavy atom. The van der Waals surface area contributed by atoms with E-state index in [1.54, 1.807) is 0 Å². The summed E-state index contributed by atoms with van der Waals surface area (Å²) >= 11 is 0. The zero-order chi connectivity index (χ0) is 34.8. The lowest BCUT2D eigenvalue weighted by Crippen LogP contribution is -2.31. The summed E-state index contributed by atoms with van der Waals surface area (Å²) < 4.78 is 2.21. The number of aliphatic hydroxyl groups excluding tert-OH is 1. The fourth-order valence-electron chi connectivity index (χ4n) is 8.07. The summed E-state index contributed by atoms with van der Waals surface area (Å²) in [6.45, 7) is 13.5. The average molecular weight is 654 g/mol. The van der Waals surface area contributed by atoms with E-state index in [2.05, 4.69) is 109 Å². The first kappa shape index (κ1) is 33.8. The minimum Gasteiger partial charge on any atom is -0.481 e. The van der Waals surface area contributed by atoms with Gasteiger partial charge in [0.15, 0.2) is 18.5 Å². The maximum Gasteiger partial charge on any atom is 0.305 e. The Morgan fingerprint density at radius 3 is 2.12 bits per heavy atom. The maximum absolute atomic E-state index is 11.7. The molecule has 6 heteroatoms. The molecule has 0 aliphatic carbocycles. The normalized spacial score (nSPS) is 21.2. The van der Waals surface area contributed by atoms with Crippen LogP contribution in [0.5, 0.6) is 0 Å². The second-order valence-corrected chi connectivity index (χ2v) is 13.4. The number of aliphatic carboxylic acids is 1. The number of carboxylic acid groups (broad SMARTS) is 1. The van der Waals surface area contributed by atoms with Crippen LogP contribution in [-0.4, -0.2) is 51.0 Å². The van der Waals surface area contributed by atoms with E-state index in [4.69, 9.17) is 0 Å². The van der Waals surface area contributed by atoms with Crippen molar-refractivity contribution in [3.8, 4) is 0 Å². The summed E-state index contributed by atoms with van der Waals surface area (Å²) in [5.41, 5.74) is 5.83. The van der Waals surface area contributed by atoms with Crippen molar-refractivity contribution in [1.82, 2.24) is 0 Å². The van der Waals surface area contributed by atoms with E-state index < -0.39 is 17.7 Å². The Balaban J connectivity index is 1.42. The predicted molar refractivity (Wildman–Crippen MR) is 201 cm³/mol. The zero-order valence-electron chi connectivity index (χ0n) is 28.3. The minimum absolute atomic E-state index is 0.0191. The largest absolute Gasteiger partial charge is 0.481 e. The van der Waals surface area contributed by atoms with Crippen LogP contribution < -0.4 is 4.90 Å². The maximum atomic E-state index is 11.7. The summed E-state index contributed by atoms with van der Waals surface area (Å²) in [6.07, 6.45) is 14.4. The fourth-order valence-corrected chi connectivity index (χ4v) is 8.07. The van der Waals surface area contributed by atoms with Crippen LogP contribution in [0.25, 0.3) is 21.5 Å². The molecule has 0 spiro atoms. The molecule has 4 aromatic rings. The third-order valence-electron chi connectivity index (χ3n) is 10.2. The standard InChI is InChI=1S/C43H44N2O4/c1-5-26-42(3)36(44(28-24-38(46)47)34-22-20-30-14-10-12-16-32(30)40(34)42)18-8-7-9-19-37-43(4,27-6-2)41-33-17-13-11-15-31(33)21-23-35(41)45(37)29-25-39(48)49/h5-23,38,46-47H,1-2,24-29H2,3-4H3/p+1. The lowest BCUT2D eigenvalue weighted by Gasteiger charge is -2.29. The van der Waals surface area contributed by atoms with Crippen molar-refractivity contribution in [2.75, 3.05) is 18.0 Å². The number of hydrogen-bond donors (Lipinski definition) is 3. The Bertz CT molecular complexity index is 2070. The van der Waals surface area contributed by atoms with Gasteiger partial charge < -0.3 is 20.2 Å². The molecule has 0 fully saturated rings. The molecule has 2 unspecified atom stereocenters. The molecule has 250 valence electrons. The lowest BCUT2D eigenvalue weighted by molar-refractivity contribution is -0.442. The van der Waals surface area contributed by atoms with Crippen LogP contribution in [0.4, 0.5) is 11.4 Å². The summed E-state index contributed by atoms with van der Waals surface area (Å²) in [7, 11) is 0. The van der Waals surface area contributed by atoms with Crippen LogP contribution in [0.15, 0.2) is 134 Å². The highest BCUT2D eigenvalue weighted by Crippen LogP contribution is 2.53.